The van der Waals surface area contributed by atoms with Crippen molar-refractivity contribution in [2.24, 2.45) is 0 Å². The van der Waals surface area contributed by atoms with Gasteiger partial charge in [-0.3, -0.25) is 4.68 Å². The number of hydrogen-bond acceptors (Lipinski definition) is 8. The minimum absolute atomic E-state index is 0.0654. The number of thiazole rings is 1. The fraction of sp³-hybridized carbons (Fsp3) is 0.231. The van der Waals surface area contributed by atoms with E-state index in [1.807, 2.05) is 47.5 Å². The van der Waals surface area contributed by atoms with Gasteiger partial charge in [0.15, 0.2) is 5.82 Å². The standard InChI is InChI=1S/C26H22F3N7O2S/c27-26(28,29)25(37)38-35-23-20(24-34-21-3-1-2-19(22(21)39-24)15-4-7-31-11-15)10-16(12-32-23)17-13-33-36(14-17)18-5-8-30-9-6-18/h1-4,7,10-14,18,30-31H,5-6,8-9H2,(H,32,35). The van der Waals surface area contributed by atoms with E-state index in [4.69, 9.17) is 4.98 Å². The lowest BCUT2D eigenvalue weighted by Crippen LogP contribution is -2.29. The third-order valence-electron chi connectivity index (χ3n) is 6.53. The van der Waals surface area contributed by atoms with E-state index in [1.54, 1.807) is 12.3 Å². The molecule has 13 heteroatoms. The van der Waals surface area contributed by atoms with E-state index in [-0.39, 0.29) is 11.9 Å². The Morgan fingerprint density at radius 3 is 2.72 bits per heavy atom. The molecule has 4 aromatic heterocycles. The summed E-state index contributed by atoms with van der Waals surface area (Å²) in [5.41, 5.74) is 6.64. The summed E-state index contributed by atoms with van der Waals surface area (Å²) in [6.45, 7) is 1.84. The molecule has 0 unspecified atom stereocenters. The third-order valence-corrected chi connectivity index (χ3v) is 7.67. The van der Waals surface area contributed by atoms with Gasteiger partial charge in [-0.2, -0.15) is 23.8 Å². The SMILES string of the molecule is O=C(ONc1ncc(-c2cnn(C3CCNCC3)c2)cc1-c1nc2cccc(-c3cc[nH]c3)c2s1)C(F)(F)F. The van der Waals surface area contributed by atoms with Crippen molar-refractivity contribution in [3.05, 3.63) is 61.3 Å². The Balaban J connectivity index is 1.40. The zero-order valence-corrected chi connectivity index (χ0v) is 21.1. The average molecular weight is 554 g/mol. The molecule has 1 aliphatic heterocycles. The number of anilines is 1. The van der Waals surface area contributed by atoms with E-state index < -0.39 is 12.1 Å². The minimum atomic E-state index is -5.16. The molecule has 1 aliphatic rings. The molecule has 1 saturated heterocycles. The summed E-state index contributed by atoms with van der Waals surface area (Å²) in [5, 5.41) is 8.37. The van der Waals surface area contributed by atoms with Crippen LogP contribution in [0.4, 0.5) is 19.0 Å². The molecule has 0 amide bonds. The highest BCUT2D eigenvalue weighted by molar-refractivity contribution is 7.22. The third kappa shape index (κ3) is 5.10. The molecule has 0 atom stereocenters. The van der Waals surface area contributed by atoms with E-state index in [1.165, 1.54) is 17.5 Å². The molecular weight excluding hydrogens is 531 g/mol. The molecule has 1 fully saturated rings. The van der Waals surface area contributed by atoms with Gasteiger partial charge >= 0.3 is 12.1 Å². The number of benzene rings is 1. The van der Waals surface area contributed by atoms with Crippen LogP contribution < -0.4 is 10.8 Å². The number of rotatable bonds is 6. The number of nitrogens with zero attached hydrogens (tertiary/aromatic N) is 4. The number of fused-ring (bicyclic) bond motifs is 1. The predicted molar refractivity (Wildman–Crippen MR) is 141 cm³/mol. The summed E-state index contributed by atoms with van der Waals surface area (Å²) in [5.74, 6) is -2.44. The van der Waals surface area contributed by atoms with Gasteiger partial charge < -0.3 is 15.1 Å². The number of pyridine rings is 1. The maximum absolute atomic E-state index is 12.8. The maximum Gasteiger partial charge on any atom is 0.493 e. The van der Waals surface area contributed by atoms with Crippen LogP contribution in [0.15, 0.2) is 61.3 Å². The van der Waals surface area contributed by atoms with E-state index in [9.17, 15) is 18.0 Å². The Kier molecular flexibility index (Phi) is 6.53. The number of halogens is 3. The highest BCUT2D eigenvalue weighted by Crippen LogP contribution is 2.40. The second-order valence-corrected chi connectivity index (χ2v) is 10.1. The fourth-order valence-electron chi connectivity index (χ4n) is 4.56. The van der Waals surface area contributed by atoms with Gasteiger partial charge in [-0.15, -0.1) is 11.3 Å². The normalized spacial score (nSPS) is 14.5. The Labute approximate surface area is 224 Å². The number of alkyl halides is 3. The summed E-state index contributed by atoms with van der Waals surface area (Å²) in [7, 11) is 0. The van der Waals surface area contributed by atoms with Crippen molar-refractivity contribution in [3.8, 4) is 32.8 Å². The molecule has 0 saturated carbocycles. The molecule has 3 N–H and O–H groups in total. The second-order valence-electron chi connectivity index (χ2n) is 9.07. The topological polar surface area (TPSA) is 110 Å². The first-order chi connectivity index (χ1) is 18.9. The maximum atomic E-state index is 12.8. The molecule has 0 bridgehead atoms. The Bertz CT molecular complexity index is 1620. The summed E-state index contributed by atoms with van der Waals surface area (Å²) in [4.78, 5) is 27.8. The van der Waals surface area contributed by atoms with Gasteiger partial charge in [-0.25, -0.2) is 14.8 Å². The van der Waals surface area contributed by atoms with Gasteiger partial charge in [-0.05, 0) is 44.1 Å². The zero-order valence-electron chi connectivity index (χ0n) is 20.3. The highest BCUT2D eigenvalue weighted by atomic mass is 32.1. The van der Waals surface area contributed by atoms with Gasteiger partial charge in [0.1, 0.15) is 5.01 Å². The molecule has 200 valence electrons. The van der Waals surface area contributed by atoms with Gasteiger partial charge in [0.25, 0.3) is 0 Å². The molecule has 9 nitrogen and oxygen atoms in total. The van der Waals surface area contributed by atoms with Crippen LogP contribution in [-0.2, 0) is 9.63 Å². The predicted octanol–water partition coefficient (Wildman–Crippen LogP) is 5.57. The van der Waals surface area contributed by atoms with Crippen LogP contribution in [0.3, 0.4) is 0 Å². The molecule has 0 aliphatic carbocycles. The van der Waals surface area contributed by atoms with Crippen LogP contribution in [0.1, 0.15) is 18.9 Å². The minimum Gasteiger partial charge on any atom is -0.367 e. The van der Waals surface area contributed by atoms with Crippen LogP contribution in [0.25, 0.3) is 43.0 Å². The van der Waals surface area contributed by atoms with Crippen LogP contribution in [0.2, 0.25) is 0 Å². The molecule has 39 heavy (non-hydrogen) atoms. The van der Waals surface area contributed by atoms with E-state index in [0.29, 0.717) is 16.1 Å². The smallest absolute Gasteiger partial charge is 0.367 e. The van der Waals surface area contributed by atoms with Crippen molar-refractivity contribution in [2.45, 2.75) is 25.1 Å². The van der Waals surface area contributed by atoms with Gasteiger partial charge in [0, 0.05) is 47.0 Å². The molecular formula is C26H22F3N7O2S. The molecule has 0 radical (unpaired) electrons. The lowest BCUT2D eigenvalue weighted by molar-refractivity contribution is -0.196. The average Bonchev–Trinajstić information content (AvgIpc) is 3.72. The first-order valence-corrected chi connectivity index (χ1v) is 13.0. The summed E-state index contributed by atoms with van der Waals surface area (Å²) in [6.07, 6.45) is 5.65. The Hall–Kier alpha value is -4.23. The lowest BCUT2D eigenvalue weighted by Gasteiger charge is -2.22. The number of carbonyl (C=O) groups is 1. The first-order valence-electron chi connectivity index (χ1n) is 12.2. The number of hydrogen-bond donors (Lipinski definition) is 3. The monoisotopic (exact) mass is 553 g/mol. The summed E-state index contributed by atoms with van der Waals surface area (Å²) >= 11 is 1.37. The molecule has 6 rings (SSSR count). The summed E-state index contributed by atoms with van der Waals surface area (Å²) in [6, 6.07) is 9.71. The van der Waals surface area contributed by atoms with Crippen molar-refractivity contribution in [3.63, 3.8) is 0 Å². The quantitative estimate of drug-likeness (QED) is 0.236. The van der Waals surface area contributed by atoms with Crippen LogP contribution >= 0.6 is 11.3 Å². The van der Waals surface area contributed by atoms with E-state index >= 15 is 0 Å². The number of aromatic amines is 1. The molecule has 1 aromatic carbocycles. The largest absolute Gasteiger partial charge is 0.493 e. The van der Waals surface area contributed by atoms with E-state index in [2.05, 4.69) is 30.7 Å². The van der Waals surface area contributed by atoms with Gasteiger partial charge in [0.2, 0.25) is 0 Å². The number of aromatic nitrogens is 5. The van der Waals surface area contributed by atoms with Gasteiger partial charge in [0.05, 0.1) is 28.0 Å². The number of H-pyrrole nitrogens is 1. The van der Waals surface area contributed by atoms with Crippen molar-refractivity contribution in [1.29, 1.82) is 0 Å². The van der Waals surface area contributed by atoms with Crippen molar-refractivity contribution in [1.82, 2.24) is 30.0 Å². The lowest BCUT2D eigenvalue weighted by atomic mass is 10.1. The van der Waals surface area contributed by atoms with Crippen LogP contribution in [0.5, 0.6) is 0 Å². The highest BCUT2D eigenvalue weighted by Gasteiger charge is 2.42. The second kappa shape index (κ2) is 10.2. The van der Waals surface area contributed by atoms with E-state index in [0.717, 1.165) is 52.8 Å². The summed E-state index contributed by atoms with van der Waals surface area (Å²) < 4.78 is 41.2. The Morgan fingerprint density at radius 2 is 1.95 bits per heavy atom. The van der Waals surface area contributed by atoms with Crippen LogP contribution in [0, 0.1) is 0 Å². The van der Waals surface area contributed by atoms with Crippen molar-refractivity contribution < 1.29 is 22.8 Å². The number of carbonyl (C=O) groups excluding carboxylic acids is 1. The van der Waals surface area contributed by atoms with Crippen molar-refractivity contribution >= 4 is 33.3 Å². The first kappa shape index (κ1) is 25.1. The molecule has 5 aromatic rings. The van der Waals surface area contributed by atoms with Crippen LogP contribution in [-0.4, -0.2) is 50.0 Å². The molecule has 0 spiro atoms. The fourth-order valence-corrected chi connectivity index (χ4v) is 5.68. The number of piperidine rings is 1. The van der Waals surface area contributed by atoms with Crippen molar-refractivity contribution in [2.75, 3.05) is 18.6 Å². The van der Waals surface area contributed by atoms with Gasteiger partial charge in [-0.1, -0.05) is 12.1 Å². The molecule has 5 heterocycles. The zero-order chi connectivity index (χ0) is 27.0. The number of nitrogens with one attached hydrogen (secondary N) is 3. The Morgan fingerprint density at radius 1 is 1.10 bits per heavy atom.